The zero-order chi connectivity index (χ0) is 12.7. The molecular formula is C8H15N3O4S. The van der Waals surface area contributed by atoms with Gasteiger partial charge in [-0.15, -0.1) is 0 Å². The highest BCUT2D eigenvalue weighted by Gasteiger charge is 2.20. The molecule has 0 aromatic rings. The van der Waals surface area contributed by atoms with Gasteiger partial charge in [0.1, 0.15) is 13.1 Å². The van der Waals surface area contributed by atoms with Gasteiger partial charge in [0.15, 0.2) is 0 Å². The largest absolute Gasteiger partial charge is 0.480 e. The first-order valence-corrected chi connectivity index (χ1v) is 5.01. The van der Waals surface area contributed by atoms with Gasteiger partial charge in [-0.2, -0.15) is 0 Å². The van der Waals surface area contributed by atoms with Gasteiger partial charge in [-0.1, -0.05) is 12.8 Å². The maximum atomic E-state index is 11.4. The summed E-state index contributed by atoms with van der Waals surface area (Å²) >= 11 is 3.86. The van der Waals surface area contributed by atoms with Crippen LogP contribution in [0.2, 0.25) is 0 Å². The van der Waals surface area contributed by atoms with Crippen molar-refractivity contribution in [1.29, 1.82) is 0 Å². The van der Waals surface area contributed by atoms with E-state index in [4.69, 9.17) is 10.8 Å². The summed E-state index contributed by atoms with van der Waals surface area (Å²) in [4.78, 5) is 34.0. The Morgan fingerprint density at radius 3 is 2.19 bits per heavy atom. The summed E-state index contributed by atoms with van der Waals surface area (Å²) < 4.78 is 1.10. The molecule has 0 spiro atoms. The first-order valence-electron chi connectivity index (χ1n) is 4.61. The van der Waals surface area contributed by atoms with Gasteiger partial charge in [0.05, 0.1) is 6.54 Å². The van der Waals surface area contributed by atoms with E-state index in [0.29, 0.717) is 6.54 Å². The molecule has 0 bridgehead atoms. The predicted molar refractivity (Wildman–Crippen MR) is 59.6 cm³/mol. The lowest BCUT2D eigenvalue weighted by atomic mass is 10.4. The van der Waals surface area contributed by atoms with Crippen molar-refractivity contribution in [1.82, 2.24) is 9.21 Å². The normalized spacial score (nSPS) is 9.69. The summed E-state index contributed by atoms with van der Waals surface area (Å²) in [5.41, 5.74) is 5.10. The Morgan fingerprint density at radius 2 is 1.81 bits per heavy atom. The number of carboxylic acids is 1. The van der Waals surface area contributed by atoms with Gasteiger partial charge in [0, 0.05) is 6.54 Å². The molecule has 92 valence electrons. The highest BCUT2D eigenvalue weighted by molar-refractivity contribution is 7.78. The van der Waals surface area contributed by atoms with Crippen LogP contribution in [0.4, 0.5) is 0 Å². The summed E-state index contributed by atoms with van der Waals surface area (Å²) in [5, 5.41) is 8.56. The van der Waals surface area contributed by atoms with Gasteiger partial charge in [0.25, 0.3) is 5.91 Å². The van der Waals surface area contributed by atoms with Crippen molar-refractivity contribution in [2.75, 3.05) is 26.2 Å². The van der Waals surface area contributed by atoms with E-state index in [1.54, 1.807) is 6.92 Å². The van der Waals surface area contributed by atoms with Crippen LogP contribution in [-0.4, -0.2) is 58.3 Å². The van der Waals surface area contributed by atoms with Crippen molar-refractivity contribution >= 4 is 30.6 Å². The second kappa shape index (κ2) is 7.07. The number of hydrogen-bond acceptors (Lipinski definition) is 5. The van der Waals surface area contributed by atoms with Crippen molar-refractivity contribution in [3.8, 4) is 0 Å². The molecule has 3 N–H and O–H groups in total. The molecule has 0 unspecified atom stereocenters. The molecule has 0 aliphatic carbocycles. The Hall–Kier alpha value is -1.28. The lowest BCUT2D eigenvalue weighted by Crippen LogP contribution is -2.45. The van der Waals surface area contributed by atoms with E-state index in [-0.39, 0.29) is 13.1 Å². The van der Waals surface area contributed by atoms with E-state index < -0.39 is 24.3 Å². The zero-order valence-electron chi connectivity index (χ0n) is 8.92. The van der Waals surface area contributed by atoms with Crippen molar-refractivity contribution in [3.05, 3.63) is 0 Å². The number of carboxylic acid groups (broad SMARTS) is 1. The van der Waals surface area contributed by atoms with Crippen LogP contribution >= 0.6 is 12.8 Å². The second-order valence-corrected chi connectivity index (χ2v) is 3.44. The fourth-order valence-electron chi connectivity index (χ4n) is 0.946. The minimum atomic E-state index is -1.20. The van der Waals surface area contributed by atoms with E-state index in [1.807, 2.05) is 0 Å². The van der Waals surface area contributed by atoms with Gasteiger partial charge in [0.2, 0.25) is 5.91 Å². The number of aliphatic carboxylic acids is 1. The van der Waals surface area contributed by atoms with Crippen molar-refractivity contribution in [2.45, 2.75) is 6.92 Å². The maximum Gasteiger partial charge on any atom is 0.323 e. The third-order valence-electron chi connectivity index (χ3n) is 1.77. The topological polar surface area (TPSA) is 104 Å². The Labute approximate surface area is 98.7 Å². The Bertz CT molecular complexity index is 284. The molecule has 0 saturated carbocycles. The van der Waals surface area contributed by atoms with Crippen LogP contribution in [-0.2, 0) is 14.4 Å². The number of carbonyl (C=O) groups excluding carboxylic acids is 2. The van der Waals surface area contributed by atoms with Gasteiger partial charge >= 0.3 is 5.97 Å². The number of nitrogens with two attached hydrogens (primary N) is 1. The van der Waals surface area contributed by atoms with Crippen LogP contribution in [0, 0.1) is 0 Å². The van der Waals surface area contributed by atoms with E-state index >= 15 is 0 Å². The number of hydrogen-bond donors (Lipinski definition) is 3. The van der Waals surface area contributed by atoms with E-state index in [0.717, 1.165) is 9.21 Å². The summed E-state index contributed by atoms with van der Waals surface area (Å²) in [6.45, 7) is 0.850. The molecular weight excluding hydrogens is 234 g/mol. The Kier molecular flexibility index (Phi) is 6.50. The van der Waals surface area contributed by atoms with Crippen LogP contribution < -0.4 is 5.73 Å². The molecule has 0 aliphatic rings. The quantitative estimate of drug-likeness (QED) is 0.500. The molecule has 0 atom stereocenters. The number of amides is 2. The fourth-order valence-corrected chi connectivity index (χ4v) is 1.01. The van der Waals surface area contributed by atoms with Crippen molar-refractivity contribution < 1.29 is 19.5 Å². The predicted octanol–water partition coefficient (Wildman–Crippen LogP) is -1.45. The highest BCUT2D eigenvalue weighted by Crippen LogP contribution is 1.97. The molecule has 0 heterocycles. The average molecular weight is 249 g/mol. The van der Waals surface area contributed by atoms with E-state index in [2.05, 4.69) is 12.8 Å². The number of likely N-dealkylation sites (N-methyl/N-ethyl adjacent to an activating group) is 1. The summed E-state index contributed by atoms with van der Waals surface area (Å²) in [7, 11) is 0. The van der Waals surface area contributed by atoms with Gasteiger partial charge in [-0.25, -0.2) is 0 Å². The van der Waals surface area contributed by atoms with Crippen LogP contribution in [0.3, 0.4) is 0 Å². The summed E-state index contributed by atoms with van der Waals surface area (Å²) in [5.74, 6) is -2.24. The zero-order valence-corrected chi connectivity index (χ0v) is 9.81. The van der Waals surface area contributed by atoms with Gasteiger partial charge in [-0.3, -0.25) is 18.7 Å². The first kappa shape index (κ1) is 14.7. The monoisotopic (exact) mass is 249 g/mol. The number of carbonyl (C=O) groups is 3. The first-order chi connectivity index (χ1) is 7.42. The molecule has 0 fully saturated rings. The summed E-state index contributed by atoms with van der Waals surface area (Å²) in [6.07, 6.45) is 0. The fraction of sp³-hybridized carbons (Fsp3) is 0.625. The number of thiol groups is 1. The third kappa shape index (κ3) is 4.99. The number of nitrogens with zero attached hydrogens (tertiary/aromatic N) is 2. The standard InChI is InChI=1S/C8H15N3O4S/c1-2-11(16)7(13)4-10(5-8(14)15)6(12)3-9/h16H,2-5,9H2,1H3,(H,14,15). The van der Waals surface area contributed by atoms with Gasteiger partial charge in [-0.05, 0) is 6.92 Å². The molecule has 0 rings (SSSR count). The van der Waals surface area contributed by atoms with Crippen LogP contribution in [0.1, 0.15) is 6.92 Å². The Morgan fingerprint density at radius 1 is 1.25 bits per heavy atom. The van der Waals surface area contributed by atoms with E-state index in [1.165, 1.54) is 0 Å². The SMILES string of the molecule is CCN(S)C(=O)CN(CC(=O)O)C(=O)CN. The minimum Gasteiger partial charge on any atom is -0.480 e. The average Bonchev–Trinajstić information content (AvgIpc) is 2.25. The second-order valence-electron chi connectivity index (χ2n) is 2.96. The van der Waals surface area contributed by atoms with Crippen LogP contribution in [0.15, 0.2) is 0 Å². The lowest BCUT2D eigenvalue weighted by molar-refractivity contribution is -0.145. The number of rotatable bonds is 6. The molecule has 0 aromatic heterocycles. The van der Waals surface area contributed by atoms with Crippen molar-refractivity contribution in [2.24, 2.45) is 5.73 Å². The lowest BCUT2D eigenvalue weighted by Gasteiger charge is -2.21. The molecule has 0 saturated heterocycles. The Balaban J connectivity index is 4.48. The van der Waals surface area contributed by atoms with Crippen LogP contribution in [0.25, 0.3) is 0 Å². The summed E-state index contributed by atoms with van der Waals surface area (Å²) in [6, 6.07) is 0. The van der Waals surface area contributed by atoms with Gasteiger partial charge < -0.3 is 15.7 Å². The smallest absolute Gasteiger partial charge is 0.323 e. The maximum absolute atomic E-state index is 11.4. The molecule has 0 radical (unpaired) electrons. The minimum absolute atomic E-state index is 0.334. The van der Waals surface area contributed by atoms with E-state index in [9.17, 15) is 14.4 Å². The molecule has 2 amide bonds. The highest BCUT2D eigenvalue weighted by atomic mass is 32.1. The molecule has 16 heavy (non-hydrogen) atoms. The van der Waals surface area contributed by atoms with Crippen molar-refractivity contribution in [3.63, 3.8) is 0 Å². The third-order valence-corrected chi connectivity index (χ3v) is 2.27. The molecule has 0 aromatic carbocycles. The molecule has 7 nitrogen and oxygen atoms in total. The molecule has 8 heteroatoms. The molecule has 0 aliphatic heterocycles. The van der Waals surface area contributed by atoms with Crippen LogP contribution in [0.5, 0.6) is 0 Å².